The van der Waals surface area contributed by atoms with E-state index in [1.807, 2.05) is 24.3 Å². The number of rotatable bonds is 6. The number of carbonyl (C=O) groups is 1. The molecule has 132 valence electrons. The number of carbonyl (C=O) groups excluding carboxylic acids is 1. The van der Waals surface area contributed by atoms with Gasteiger partial charge in [-0.3, -0.25) is 9.78 Å². The molecule has 0 fully saturated rings. The molecule has 0 atom stereocenters. The number of nitrogens with zero attached hydrogens (tertiary/aromatic N) is 2. The third kappa shape index (κ3) is 4.43. The quantitative estimate of drug-likeness (QED) is 0.795. The average Bonchev–Trinajstić information content (AvgIpc) is 2.65. The standard InChI is InChI=1S/C18H21N3O3S/c22-18(16-7-3-9-19-13-16)20-10-4-12-25(23,24)21-11-8-15-5-1-2-6-17(15)14-21/h1-3,5-7,9,13H,4,8,10-12,14H2,(H,20,22). The Morgan fingerprint density at radius 2 is 1.96 bits per heavy atom. The Balaban J connectivity index is 1.49. The minimum atomic E-state index is -3.32. The predicted molar refractivity (Wildman–Crippen MR) is 95.5 cm³/mol. The molecule has 0 bridgehead atoms. The van der Waals surface area contributed by atoms with E-state index in [0.29, 0.717) is 31.6 Å². The van der Waals surface area contributed by atoms with E-state index in [4.69, 9.17) is 0 Å². The number of benzene rings is 1. The first-order valence-electron chi connectivity index (χ1n) is 8.29. The van der Waals surface area contributed by atoms with Crippen LogP contribution in [-0.4, -0.2) is 42.5 Å². The summed E-state index contributed by atoms with van der Waals surface area (Å²) in [5.41, 5.74) is 2.76. The van der Waals surface area contributed by atoms with Gasteiger partial charge in [-0.15, -0.1) is 0 Å². The van der Waals surface area contributed by atoms with E-state index in [1.165, 1.54) is 16.1 Å². The molecule has 0 radical (unpaired) electrons. The van der Waals surface area contributed by atoms with Gasteiger partial charge in [-0.25, -0.2) is 8.42 Å². The number of aromatic nitrogens is 1. The topological polar surface area (TPSA) is 79.4 Å². The maximum Gasteiger partial charge on any atom is 0.252 e. The largest absolute Gasteiger partial charge is 0.352 e. The predicted octanol–water partition coefficient (Wildman–Crippen LogP) is 1.59. The Hall–Kier alpha value is -2.25. The van der Waals surface area contributed by atoms with Crippen molar-refractivity contribution in [2.45, 2.75) is 19.4 Å². The van der Waals surface area contributed by atoms with Gasteiger partial charge in [0.2, 0.25) is 10.0 Å². The van der Waals surface area contributed by atoms with E-state index in [-0.39, 0.29) is 11.7 Å². The first kappa shape index (κ1) is 17.6. The van der Waals surface area contributed by atoms with E-state index >= 15 is 0 Å². The molecule has 2 heterocycles. The highest BCUT2D eigenvalue weighted by atomic mass is 32.2. The third-order valence-electron chi connectivity index (χ3n) is 4.28. The molecule has 0 aliphatic carbocycles. The summed E-state index contributed by atoms with van der Waals surface area (Å²) in [4.78, 5) is 15.8. The summed E-state index contributed by atoms with van der Waals surface area (Å²) in [6.45, 7) is 1.26. The maximum atomic E-state index is 12.5. The van der Waals surface area contributed by atoms with Crippen molar-refractivity contribution in [1.82, 2.24) is 14.6 Å². The number of hydrogen-bond donors (Lipinski definition) is 1. The van der Waals surface area contributed by atoms with Crippen LogP contribution in [0.3, 0.4) is 0 Å². The van der Waals surface area contributed by atoms with Gasteiger partial charge in [-0.1, -0.05) is 24.3 Å². The fourth-order valence-corrected chi connectivity index (χ4v) is 4.36. The van der Waals surface area contributed by atoms with Crippen LogP contribution in [-0.2, 0) is 23.0 Å². The molecule has 1 aliphatic heterocycles. The summed E-state index contributed by atoms with van der Waals surface area (Å²) in [6.07, 6.45) is 4.21. The minimum Gasteiger partial charge on any atom is -0.352 e. The Kier molecular flexibility index (Phi) is 5.45. The lowest BCUT2D eigenvalue weighted by Crippen LogP contribution is -2.38. The molecule has 2 aromatic rings. The molecule has 3 rings (SSSR count). The zero-order chi connectivity index (χ0) is 17.7. The summed E-state index contributed by atoms with van der Waals surface area (Å²) < 4.78 is 26.6. The Morgan fingerprint density at radius 1 is 1.16 bits per heavy atom. The van der Waals surface area contributed by atoms with Crippen molar-refractivity contribution in [3.63, 3.8) is 0 Å². The molecule has 7 heteroatoms. The van der Waals surface area contributed by atoms with E-state index in [9.17, 15) is 13.2 Å². The maximum absolute atomic E-state index is 12.5. The molecule has 6 nitrogen and oxygen atoms in total. The number of fused-ring (bicyclic) bond motifs is 1. The first-order chi connectivity index (χ1) is 12.1. The molecule has 25 heavy (non-hydrogen) atoms. The number of nitrogens with one attached hydrogen (secondary N) is 1. The molecule has 1 aliphatic rings. The zero-order valence-electron chi connectivity index (χ0n) is 13.9. The number of amides is 1. The summed E-state index contributed by atoms with van der Waals surface area (Å²) in [6, 6.07) is 11.3. The highest BCUT2D eigenvalue weighted by molar-refractivity contribution is 7.89. The van der Waals surface area contributed by atoms with Crippen LogP contribution in [0.25, 0.3) is 0 Å². The van der Waals surface area contributed by atoms with Crippen LogP contribution < -0.4 is 5.32 Å². The summed E-state index contributed by atoms with van der Waals surface area (Å²) in [7, 11) is -3.32. The molecule has 1 aromatic heterocycles. The van der Waals surface area contributed by atoms with Gasteiger partial charge < -0.3 is 5.32 Å². The molecule has 0 spiro atoms. The molecule has 1 aromatic carbocycles. The monoisotopic (exact) mass is 359 g/mol. The number of sulfonamides is 1. The third-order valence-corrected chi connectivity index (χ3v) is 6.18. The molecule has 0 saturated heterocycles. The SMILES string of the molecule is O=C(NCCCS(=O)(=O)N1CCc2ccccc2C1)c1cccnc1. The van der Waals surface area contributed by atoms with Crippen LogP contribution in [0.2, 0.25) is 0 Å². The molecule has 0 saturated carbocycles. The van der Waals surface area contributed by atoms with Gasteiger partial charge in [0.25, 0.3) is 5.91 Å². The Morgan fingerprint density at radius 3 is 2.72 bits per heavy atom. The minimum absolute atomic E-state index is 0.0302. The van der Waals surface area contributed by atoms with Crippen molar-refractivity contribution < 1.29 is 13.2 Å². The Labute approximate surface area is 147 Å². The second-order valence-electron chi connectivity index (χ2n) is 6.02. The van der Waals surface area contributed by atoms with Crippen molar-refractivity contribution in [1.29, 1.82) is 0 Å². The lowest BCUT2D eigenvalue weighted by molar-refractivity contribution is 0.0953. The lowest BCUT2D eigenvalue weighted by Gasteiger charge is -2.28. The summed E-state index contributed by atoms with van der Waals surface area (Å²) in [5, 5.41) is 2.73. The number of pyridine rings is 1. The van der Waals surface area contributed by atoms with Crippen LogP contribution in [0.1, 0.15) is 27.9 Å². The molecular weight excluding hydrogens is 338 g/mol. The normalized spacial score (nSPS) is 14.7. The average molecular weight is 359 g/mol. The second kappa shape index (κ2) is 7.76. The van der Waals surface area contributed by atoms with Gasteiger partial charge in [-0.2, -0.15) is 4.31 Å². The van der Waals surface area contributed by atoms with Gasteiger partial charge >= 0.3 is 0 Å². The van der Waals surface area contributed by atoms with Crippen LogP contribution in [0.15, 0.2) is 48.8 Å². The van der Waals surface area contributed by atoms with Crippen LogP contribution >= 0.6 is 0 Å². The van der Waals surface area contributed by atoms with Crippen molar-refractivity contribution >= 4 is 15.9 Å². The van der Waals surface area contributed by atoms with Crippen molar-refractivity contribution in [2.75, 3.05) is 18.8 Å². The zero-order valence-corrected chi connectivity index (χ0v) is 14.7. The summed E-state index contributed by atoms with van der Waals surface area (Å²) in [5.74, 6) is -0.208. The number of hydrogen-bond acceptors (Lipinski definition) is 4. The smallest absolute Gasteiger partial charge is 0.252 e. The highest BCUT2D eigenvalue weighted by Crippen LogP contribution is 2.21. The fourth-order valence-electron chi connectivity index (χ4n) is 2.89. The van der Waals surface area contributed by atoms with Crippen molar-refractivity contribution in [2.24, 2.45) is 0 Å². The second-order valence-corrected chi connectivity index (χ2v) is 8.11. The van der Waals surface area contributed by atoms with Gasteiger partial charge in [0.15, 0.2) is 0 Å². The summed E-state index contributed by atoms with van der Waals surface area (Å²) >= 11 is 0. The van der Waals surface area contributed by atoms with Gasteiger partial charge in [-0.05, 0) is 36.1 Å². The molecule has 0 unspecified atom stereocenters. The van der Waals surface area contributed by atoms with Crippen molar-refractivity contribution in [3.8, 4) is 0 Å². The van der Waals surface area contributed by atoms with Crippen LogP contribution in [0, 0.1) is 0 Å². The highest BCUT2D eigenvalue weighted by Gasteiger charge is 2.26. The molecule has 1 N–H and O–H groups in total. The molecule has 1 amide bonds. The Bertz CT molecular complexity index is 838. The van der Waals surface area contributed by atoms with Crippen molar-refractivity contribution in [3.05, 3.63) is 65.5 Å². The van der Waals surface area contributed by atoms with E-state index in [2.05, 4.69) is 10.3 Å². The van der Waals surface area contributed by atoms with Crippen LogP contribution in [0.5, 0.6) is 0 Å². The van der Waals surface area contributed by atoms with Gasteiger partial charge in [0.05, 0.1) is 11.3 Å². The van der Waals surface area contributed by atoms with E-state index in [0.717, 1.165) is 12.0 Å². The first-order valence-corrected chi connectivity index (χ1v) is 9.90. The van der Waals surface area contributed by atoms with Crippen LogP contribution in [0.4, 0.5) is 0 Å². The van der Waals surface area contributed by atoms with Gasteiger partial charge in [0.1, 0.15) is 0 Å². The van der Waals surface area contributed by atoms with E-state index < -0.39 is 10.0 Å². The lowest BCUT2D eigenvalue weighted by atomic mass is 10.0. The van der Waals surface area contributed by atoms with E-state index in [1.54, 1.807) is 18.3 Å². The van der Waals surface area contributed by atoms with Gasteiger partial charge in [0, 0.05) is 32.0 Å². The fraction of sp³-hybridized carbons (Fsp3) is 0.333. The molecular formula is C18H21N3O3S.